The van der Waals surface area contributed by atoms with Crippen LogP contribution in [-0.2, 0) is 6.54 Å². The maximum Gasteiger partial charge on any atom is 0.221 e. The molecule has 0 aliphatic carbocycles. The van der Waals surface area contributed by atoms with E-state index < -0.39 is 0 Å². The van der Waals surface area contributed by atoms with E-state index in [1.165, 1.54) is 0 Å². The number of aromatic nitrogens is 7. The lowest BCUT2D eigenvalue weighted by molar-refractivity contribution is 0.398. The second-order valence-electron chi connectivity index (χ2n) is 6.12. The standard InChI is InChI=1S/C19H15N7O/c1-27-17-7-5-14(9-20-17)16-10-21-18-19(22-16)26(24-23-18)12-13-4-6-15-3-2-8-25(15)11-13/h2-11H,12H2,1H3. The summed E-state index contributed by atoms with van der Waals surface area (Å²) >= 11 is 0. The van der Waals surface area contributed by atoms with Crippen molar-refractivity contribution in [3.8, 4) is 17.1 Å². The summed E-state index contributed by atoms with van der Waals surface area (Å²) in [5.74, 6) is 0.555. The number of ether oxygens (including phenoxy) is 1. The highest BCUT2D eigenvalue weighted by Gasteiger charge is 2.11. The molecule has 0 bridgehead atoms. The molecule has 5 heterocycles. The topological polar surface area (TPSA) is 83.0 Å². The Balaban J connectivity index is 1.52. The predicted molar refractivity (Wildman–Crippen MR) is 99.4 cm³/mol. The van der Waals surface area contributed by atoms with E-state index in [-0.39, 0.29) is 0 Å². The van der Waals surface area contributed by atoms with Crippen LogP contribution in [-0.4, -0.2) is 41.5 Å². The number of hydrogen-bond acceptors (Lipinski definition) is 6. The molecule has 5 rings (SSSR count). The van der Waals surface area contributed by atoms with Crippen molar-refractivity contribution in [2.75, 3.05) is 7.11 Å². The molecule has 8 heteroatoms. The van der Waals surface area contributed by atoms with Gasteiger partial charge >= 0.3 is 0 Å². The van der Waals surface area contributed by atoms with Gasteiger partial charge in [0.2, 0.25) is 11.5 Å². The molecule has 0 saturated heterocycles. The molecule has 0 saturated carbocycles. The van der Waals surface area contributed by atoms with Crippen molar-refractivity contribution in [1.29, 1.82) is 0 Å². The maximum absolute atomic E-state index is 5.10. The Bertz CT molecular complexity index is 1240. The molecule has 5 aromatic rings. The van der Waals surface area contributed by atoms with Crippen LogP contribution in [0.3, 0.4) is 0 Å². The minimum Gasteiger partial charge on any atom is -0.481 e. The van der Waals surface area contributed by atoms with Gasteiger partial charge in [-0.05, 0) is 29.8 Å². The molecule has 0 amide bonds. The number of methoxy groups -OCH3 is 1. The Morgan fingerprint density at radius 2 is 2.00 bits per heavy atom. The normalized spacial score (nSPS) is 11.3. The van der Waals surface area contributed by atoms with Crippen molar-refractivity contribution >= 4 is 16.8 Å². The first-order chi connectivity index (χ1) is 13.3. The minimum absolute atomic E-state index is 0.516. The summed E-state index contributed by atoms with van der Waals surface area (Å²) in [5, 5.41) is 8.34. The molecule has 27 heavy (non-hydrogen) atoms. The van der Waals surface area contributed by atoms with Crippen molar-refractivity contribution < 1.29 is 4.74 Å². The first kappa shape index (κ1) is 15.4. The van der Waals surface area contributed by atoms with Crippen molar-refractivity contribution in [3.63, 3.8) is 0 Å². The molecule has 0 aliphatic rings. The largest absolute Gasteiger partial charge is 0.481 e. The zero-order chi connectivity index (χ0) is 18.2. The maximum atomic E-state index is 5.10. The molecule has 0 fully saturated rings. The summed E-state index contributed by atoms with van der Waals surface area (Å²) in [6.07, 6.45) is 7.49. The third-order valence-electron chi connectivity index (χ3n) is 4.39. The van der Waals surface area contributed by atoms with E-state index in [1.807, 2.05) is 18.3 Å². The Kier molecular flexibility index (Phi) is 3.53. The van der Waals surface area contributed by atoms with Gasteiger partial charge in [0.1, 0.15) is 0 Å². The van der Waals surface area contributed by atoms with Crippen molar-refractivity contribution in [3.05, 3.63) is 66.7 Å². The van der Waals surface area contributed by atoms with Crippen LogP contribution in [0, 0.1) is 0 Å². The van der Waals surface area contributed by atoms with Crippen LogP contribution in [0.2, 0.25) is 0 Å². The molecule has 0 N–H and O–H groups in total. The zero-order valence-corrected chi connectivity index (χ0v) is 14.5. The number of fused-ring (bicyclic) bond motifs is 2. The highest BCUT2D eigenvalue weighted by molar-refractivity contribution is 5.69. The SMILES string of the molecule is COc1ccc(-c2cnc3nnn(Cc4ccc5cccn5c4)c3n2)cn1. The average Bonchev–Trinajstić information content (AvgIpc) is 3.34. The van der Waals surface area contributed by atoms with Crippen molar-refractivity contribution in [2.24, 2.45) is 0 Å². The van der Waals surface area contributed by atoms with E-state index in [1.54, 1.807) is 30.3 Å². The molecule has 0 atom stereocenters. The van der Waals surface area contributed by atoms with E-state index in [0.717, 1.165) is 16.6 Å². The zero-order valence-electron chi connectivity index (χ0n) is 14.5. The molecule has 5 aromatic heterocycles. The van der Waals surface area contributed by atoms with Gasteiger partial charge in [0.05, 0.1) is 25.5 Å². The molecule has 0 aromatic carbocycles. The Hall–Kier alpha value is -3.81. The van der Waals surface area contributed by atoms with Gasteiger partial charge < -0.3 is 9.14 Å². The van der Waals surface area contributed by atoms with Crippen LogP contribution < -0.4 is 4.74 Å². The second kappa shape index (κ2) is 6.17. The summed E-state index contributed by atoms with van der Waals surface area (Å²) in [4.78, 5) is 13.3. The molecule has 0 radical (unpaired) electrons. The fraction of sp³-hybridized carbons (Fsp3) is 0.105. The summed E-state index contributed by atoms with van der Waals surface area (Å²) in [7, 11) is 1.59. The van der Waals surface area contributed by atoms with E-state index >= 15 is 0 Å². The van der Waals surface area contributed by atoms with Gasteiger partial charge in [-0.1, -0.05) is 11.3 Å². The molecule has 0 aliphatic heterocycles. The van der Waals surface area contributed by atoms with Gasteiger partial charge in [0, 0.05) is 35.7 Å². The summed E-state index contributed by atoms with van der Waals surface area (Å²) in [6.45, 7) is 0.559. The van der Waals surface area contributed by atoms with Gasteiger partial charge in [-0.25, -0.2) is 19.6 Å². The Morgan fingerprint density at radius 3 is 2.85 bits per heavy atom. The van der Waals surface area contributed by atoms with Crippen LogP contribution in [0.5, 0.6) is 5.88 Å². The van der Waals surface area contributed by atoms with E-state index in [0.29, 0.717) is 29.4 Å². The molecular weight excluding hydrogens is 342 g/mol. The Morgan fingerprint density at radius 1 is 1.04 bits per heavy atom. The highest BCUT2D eigenvalue weighted by atomic mass is 16.5. The van der Waals surface area contributed by atoms with Crippen LogP contribution in [0.4, 0.5) is 0 Å². The quantitative estimate of drug-likeness (QED) is 0.492. The lowest BCUT2D eigenvalue weighted by Gasteiger charge is -2.05. The van der Waals surface area contributed by atoms with Crippen LogP contribution in [0.1, 0.15) is 5.56 Å². The molecule has 0 unspecified atom stereocenters. The van der Waals surface area contributed by atoms with Gasteiger partial charge in [-0.2, -0.15) is 0 Å². The van der Waals surface area contributed by atoms with E-state index in [4.69, 9.17) is 9.72 Å². The lowest BCUT2D eigenvalue weighted by atomic mass is 10.2. The van der Waals surface area contributed by atoms with Crippen LogP contribution in [0.25, 0.3) is 28.1 Å². The molecule has 132 valence electrons. The minimum atomic E-state index is 0.516. The van der Waals surface area contributed by atoms with Crippen LogP contribution in [0.15, 0.2) is 61.2 Å². The van der Waals surface area contributed by atoms with Crippen molar-refractivity contribution in [2.45, 2.75) is 6.54 Å². The van der Waals surface area contributed by atoms with E-state index in [2.05, 4.69) is 49.1 Å². The van der Waals surface area contributed by atoms with Gasteiger partial charge in [0.15, 0.2) is 5.65 Å². The van der Waals surface area contributed by atoms with Crippen molar-refractivity contribution in [1.82, 2.24) is 34.3 Å². The third kappa shape index (κ3) is 2.77. The van der Waals surface area contributed by atoms with Crippen LogP contribution >= 0.6 is 0 Å². The molecular formula is C19H15N7O. The first-order valence-corrected chi connectivity index (χ1v) is 8.42. The highest BCUT2D eigenvalue weighted by Crippen LogP contribution is 2.20. The van der Waals surface area contributed by atoms with Gasteiger partial charge in [0.25, 0.3) is 0 Å². The second-order valence-corrected chi connectivity index (χ2v) is 6.12. The number of hydrogen-bond donors (Lipinski definition) is 0. The molecule has 8 nitrogen and oxygen atoms in total. The first-order valence-electron chi connectivity index (χ1n) is 8.42. The molecule has 0 spiro atoms. The monoisotopic (exact) mass is 357 g/mol. The van der Waals surface area contributed by atoms with Gasteiger partial charge in [-0.3, -0.25) is 0 Å². The number of rotatable bonds is 4. The predicted octanol–water partition coefficient (Wildman–Crippen LogP) is 2.59. The van der Waals surface area contributed by atoms with Gasteiger partial charge in [-0.15, -0.1) is 5.10 Å². The smallest absolute Gasteiger partial charge is 0.221 e. The summed E-state index contributed by atoms with van der Waals surface area (Å²) in [6, 6.07) is 11.9. The average molecular weight is 357 g/mol. The fourth-order valence-electron chi connectivity index (χ4n) is 3.00. The summed E-state index contributed by atoms with van der Waals surface area (Å²) < 4.78 is 8.94. The number of pyridine rings is 2. The number of nitrogens with zero attached hydrogens (tertiary/aromatic N) is 7. The fourth-order valence-corrected chi connectivity index (χ4v) is 3.00. The summed E-state index contributed by atoms with van der Waals surface area (Å²) in [5.41, 5.74) is 4.96. The lowest BCUT2D eigenvalue weighted by Crippen LogP contribution is -2.04. The third-order valence-corrected chi connectivity index (χ3v) is 4.39. The Labute approximate surface area is 154 Å². The van der Waals surface area contributed by atoms with E-state index in [9.17, 15) is 0 Å².